The van der Waals surface area contributed by atoms with Gasteiger partial charge in [-0.1, -0.05) is 60.8 Å². The van der Waals surface area contributed by atoms with E-state index in [0.29, 0.717) is 22.1 Å². The van der Waals surface area contributed by atoms with E-state index < -0.39 is 6.17 Å². The van der Waals surface area contributed by atoms with E-state index in [-0.39, 0.29) is 11.8 Å². The number of thioether (sulfide) groups is 1. The van der Waals surface area contributed by atoms with Crippen molar-refractivity contribution in [2.75, 3.05) is 10.7 Å². The van der Waals surface area contributed by atoms with Crippen molar-refractivity contribution in [2.24, 2.45) is 0 Å². The maximum atomic E-state index is 13.1. The van der Waals surface area contributed by atoms with Gasteiger partial charge in [0.2, 0.25) is 5.91 Å². The summed E-state index contributed by atoms with van der Waals surface area (Å²) in [5.41, 5.74) is 1.82. The predicted octanol–water partition coefficient (Wildman–Crippen LogP) is 4.15. The summed E-state index contributed by atoms with van der Waals surface area (Å²) in [6, 6.07) is 11.4. The molecule has 1 amide bonds. The SMILES string of the molecule is CCCCCCSc1nc([O-])c2[n+](n1)C(c1cccs1)N(C(C)=O)c1ccccc1-2. The zero-order chi connectivity index (χ0) is 21.1. The number of nitrogens with zero attached hydrogens (tertiary/aromatic N) is 4. The Morgan fingerprint density at radius 1 is 1.23 bits per heavy atom. The largest absolute Gasteiger partial charge is 0.854 e. The summed E-state index contributed by atoms with van der Waals surface area (Å²) in [7, 11) is 0. The first-order valence-electron chi connectivity index (χ1n) is 10.2. The van der Waals surface area contributed by atoms with Gasteiger partial charge in [0.05, 0.1) is 22.0 Å². The average Bonchev–Trinajstić information content (AvgIpc) is 3.26. The third-order valence-corrected chi connectivity index (χ3v) is 6.92. The lowest BCUT2D eigenvalue weighted by atomic mass is 10.0. The highest BCUT2D eigenvalue weighted by molar-refractivity contribution is 7.99. The lowest BCUT2D eigenvalue weighted by Gasteiger charge is -2.32. The van der Waals surface area contributed by atoms with E-state index in [1.807, 2.05) is 41.8 Å². The van der Waals surface area contributed by atoms with Crippen LogP contribution in [-0.2, 0) is 4.79 Å². The number of hydrogen-bond acceptors (Lipinski definition) is 6. The monoisotopic (exact) mass is 440 g/mol. The molecule has 1 aromatic carbocycles. The van der Waals surface area contributed by atoms with Crippen LogP contribution in [-0.4, -0.2) is 21.7 Å². The molecule has 3 heterocycles. The van der Waals surface area contributed by atoms with Crippen molar-refractivity contribution in [3.63, 3.8) is 0 Å². The van der Waals surface area contributed by atoms with Gasteiger partial charge >= 0.3 is 6.17 Å². The maximum absolute atomic E-state index is 13.1. The molecule has 8 heteroatoms. The Morgan fingerprint density at radius 3 is 2.80 bits per heavy atom. The molecule has 0 aliphatic carbocycles. The Kier molecular flexibility index (Phi) is 6.34. The molecule has 0 fully saturated rings. The van der Waals surface area contributed by atoms with Crippen molar-refractivity contribution < 1.29 is 14.6 Å². The number of anilines is 1. The highest BCUT2D eigenvalue weighted by Gasteiger charge is 2.44. The second-order valence-electron chi connectivity index (χ2n) is 7.20. The number of thiophene rings is 1. The summed E-state index contributed by atoms with van der Waals surface area (Å²) in [5, 5.41) is 20.3. The standard InChI is InChI=1S/C22H24N4O2S2/c1-3-4-5-8-13-30-22-23-20(28)19-16-10-6-7-11-17(16)25(15(2)27)21(26(19)24-22)18-12-9-14-29-18/h6-7,9-12,14,21H,3-5,8,13H2,1-2H3. The molecule has 1 unspecified atom stereocenters. The van der Waals surface area contributed by atoms with Crippen LogP contribution in [0.15, 0.2) is 46.9 Å². The van der Waals surface area contributed by atoms with E-state index in [4.69, 9.17) is 5.10 Å². The molecule has 1 atom stereocenters. The van der Waals surface area contributed by atoms with Gasteiger partial charge in [0.15, 0.2) is 0 Å². The summed E-state index contributed by atoms with van der Waals surface area (Å²) in [6.45, 7) is 3.73. The van der Waals surface area contributed by atoms with Crippen molar-refractivity contribution in [1.29, 1.82) is 0 Å². The third kappa shape index (κ3) is 3.94. The van der Waals surface area contributed by atoms with Crippen molar-refractivity contribution in [1.82, 2.24) is 10.1 Å². The summed E-state index contributed by atoms with van der Waals surface area (Å²) in [4.78, 5) is 19.6. The Labute approximate surface area is 184 Å². The van der Waals surface area contributed by atoms with Crippen molar-refractivity contribution in [3.8, 4) is 17.1 Å². The van der Waals surface area contributed by atoms with E-state index in [1.54, 1.807) is 27.8 Å². The number of fused-ring (bicyclic) bond motifs is 3. The number of carbonyl (C=O) groups is 1. The predicted molar refractivity (Wildman–Crippen MR) is 118 cm³/mol. The van der Waals surface area contributed by atoms with E-state index in [9.17, 15) is 9.90 Å². The molecule has 4 rings (SSSR count). The van der Waals surface area contributed by atoms with Crippen LogP contribution < -0.4 is 14.7 Å². The van der Waals surface area contributed by atoms with Crippen LogP contribution in [0.1, 0.15) is 50.6 Å². The first kappa shape index (κ1) is 20.8. The fraction of sp³-hybridized carbons (Fsp3) is 0.364. The second-order valence-corrected chi connectivity index (χ2v) is 9.24. The number of hydrogen-bond donors (Lipinski definition) is 0. The molecule has 0 saturated carbocycles. The molecular formula is C22H24N4O2S2. The normalized spacial score (nSPS) is 15.0. The zero-order valence-electron chi connectivity index (χ0n) is 17.1. The van der Waals surface area contributed by atoms with E-state index >= 15 is 0 Å². The maximum Gasteiger partial charge on any atom is 0.302 e. The highest BCUT2D eigenvalue weighted by atomic mass is 32.2. The molecule has 0 bridgehead atoms. The topological polar surface area (TPSA) is 73.0 Å². The number of para-hydroxylation sites is 1. The number of benzene rings is 1. The van der Waals surface area contributed by atoms with Gasteiger partial charge in [0.1, 0.15) is 0 Å². The summed E-state index contributed by atoms with van der Waals surface area (Å²) in [5.74, 6) is 0.465. The fourth-order valence-corrected chi connectivity index (χ4v) is 5.35. The van der Waals surface area contributed by atoms with Crippen LogP contribution in [0.2, 0.25) is 0 Å². The summed E-state index contributed by atoms with van der Waals surface area (Å²) >= 11 is 3.05. The van der Waals surface area contributed by atoms with Crippen LogP contribution >= 0.6 is 23.1 Å². The van der Waals surface area contributed by atoms with E-state index in [1.165, 1.54) is 24.6 Å². The Morgan fingerprint density at radius 2 is 2.07 bits per heavy atom. The number of carbonyl (C=O) groups excluding carboxylic acids is 1. The minimum atomic E-state index is -0.498. The number of amides is 1. The average molecular weight is 441 g/mol. The number of aromatic nitrogens is 3. The van der Waals surface area contributed by atoms with Crippen LogP contribution in [0.3, 0.4) is 0 Å². The molecule has 2 aromatic heterocycles. The molecule has 3 aromatic rings. The summed E-state index contributed by atoms with van der Waals surface area (Å²) in [6.07, 6.45) is 4.12. The molecule has 0 saturated heterocycles. The highest BCUT2D eigenvalue weighted by Crippen LogP contribution is 2.41. The number of unbranched alkanes of at least 4 members (excludes halogenated alkanes) is 3. The molecule has 156 valence electrons. The van der Waals surface area contributed by atoms with Gasteiger partial charge in [-0.05, 0) is 30.0 Å². The quantitative estimate of drug-likeness (QED) is 0.313. The minimum absolute atomic E-state index is 0.0983. The summed E-state index contributed by atoms with van der Waals surface area (Å²) < 4.78 is 1.69. The molecule has 1 aliphatic heterocycles. The van der Waals surface area contributed by atoms with Gasteiger partial charge in [0, 0.05) is 17.8 Å². The lowest BCUT2D eigenvalue weighted by molar-refractivity contribution is -0.763. The van der Waals surface area contributed by atoms with Gasteiger partial charge < -0.3 is 5.11 Å². The Balaban J connectivity index is 1.80. The smallest absolute Gasteiger partial charge is 0.302 e. The van der Waals surface area contributed by atoms with Crippen LogP contribution in [0.4, 0.5) is 5.69 Å². The van der Waals surface area contributed by atoms with Gasteiger partial charge in [0.25, 0.3) is 10.9 Å². The minimum Gasteiger partial charge on any atom is -0.854 e. The molecule has 0 N–H and O–H groups in total. The molecule has 6 nitrogen and oxygen atoms in total. The van der Waals surface area contributed by atoms with Gasteiger partial charge in [-0.15, -0.1) is 11.3 Å². The first-order valence-corrected chi connectivity index (χ1v) is 12.0. The first-order chi connectivity index (χ1) is 14.6. The molecule has 30 heavy (non-hydrogen) atoms. The van der Waals surface area contributed by atoms with Gasteiger partial charge in [-0.25, -0.2) is 9.88 Å². The van der Waals surface area contributed by atoms with Crippen molar-refractivity contribution >= 4 is 34.7 Å². The molecule has 0 spiro atoms. The third-order valence-electron chi connectivity index (χ3n) is 5.08. The van der Waals surface area contributed by atoms with E-state index in [0.717, 1.165) is 23.5 Å². The van der Waals surface area contributed by atoms with Gasteiger partial charge in [-0.2, -0.15) is 0 Å². The molecule has 0 radical (unpaired) electrons. The fourth-order valence-electron chi connectivity index (χ4n) is 3.72. The molecule has 1 aliphatic rings. The van der Waals surface area contributed by atoms with Crippen LogP contribution in [0, 0.1) is 0 Å². The second kappa shape index (κ2) is 9.14. The Hall–Kier alpha value is -2.45. The molecular weight excluding hydrogens is 416 g/mol. The van der Waals surface area contributed by atoms with E-state index in [2.05, 4.69) is 11.9 Å². The van der Waals surface area contributed by atoms with Crippen LogP contribution in [0.25, 0.3) is 11.3 Å². The number of rotatable bonds is 7. The van der Waals surface area contributed by atoms with Crippen molar-refractivity contribution in [3.05, 3.63) is 46.7 Å². The van der Waals surface area contributed by atoms with Gasteiger partial charge in [-0.3, -0.25) is 4.79 Å². The van der Waals surface area contributed by atoms with Crippen LogP contribution in [0.5, 0.6) is 5.88 Å². The Bertz CT molecular complexity index is 1040. The zero-order valence-corrected chi connectivity index (χ0v) is 18.7. The lowest BCUT2D eigenvalue weighted by Crippen LogP contribution is -2.58. The van der Waals surface area contributed by atoms with Crippen molar-refractivity contribution in [2.45, 2.75) is 50.9 Å².